The zero-order chi connectivity index (χ0) is 16.8. The Hall–Kier alpha value is -1.19. The molecule has 0 saturated carbocycles. The molecule has 0 bridgehead atoms. The maximum atomic E-state index is 11.0. The average molecular weight is 395 g/mol. The summed E-state index contributed by atoms with van der Waals surface area (Å²) in [7, 11) is -3.89. The van der Waals surface area contributed by atoms with Crippen molar-refractivity contribution in [3.63, 3.8) is 0 Å². The third-order valence-electron chi connectivity index (χ3n) is 3.15. The van der Waals surface area contributed by atoms with Crippen LogP contribution in [-0.2, 0) is 10.1 Å². The van der Waals surface area contributed by atoms with Crippen LogP contribution in [0, 0.1) is 16.0 Å². The van der Waals surface area contributed by atoms with Crippen LogP contribution in [0.4, 0.5) is 11.4 Å². The van der Waals surface area contributed by atoms with Crippen LogP contribution in [0.15, 0.2) is 22.7 Å². The van der Waals surface area contributed by atoms with Crippen molar-refractivity contribution in [2.45, 2.75) is 26.2 Å². The van der Waals surface area contributed by atoms with E-state index in [9.17, 15) is 18.5 Å². The Kier molecular flexibility index (Phi) is 7.24. The van der Waals surface area contributed by atoms with E-state index < -0.39 is 15.0 Å². The van der Waals surface area contributed by atoms with Gasteiger partial charge in [0.2, 0.25) is 0 Å². The van der Waals surface area contributed by atoms with Gasteiger partial charge in [-0.2, -0.15) is 8.42 Å². The van der Waals surface area contributed by atoms with Crippen molar-refractivity contribution in [3.05, 3.63) is 32.8 Å². The molecule has 7 nitrogen and oxygen atoms in total. The predicted molar refractivity (Wildman–Crippen MR) is 88.7 cm³/mol. The summed E-state index contributed by atoms with van der Waals surface area (Å²) in [6, 6.07) is 4.70. The highest BCUT2D eigenvalue weighted by molar-refractivity contribution is 9.10. The molecule has 9 heteroatoms. The lowest BCUT2D eigenvalue weighted by atomic mass is 10.0. The van der Waals surface area contributed by atoms with E-state index in [0.717, 1.165) is 10.9 Å². The summed E-state index contributed by atoms with van der Waals surface area (Å²) >= 11 is 3.28. The zero-order valence-corrected chi connectivity index (χ0v) is 14.6. The number of hydrogen-bond acceptors (Lipinski definition) is 5. The second kappa shape index (κ2) is 8.44. The number of rotatable bonds is 9. The molecule has 0 spiro atoms. The van der Waals surface area contributed by atoms with E-state index in [4.69, 9.17) is 4.55 Å². The smallest absolute Gasteiger partial charge is 0.292 e. The Morgan fingerprint density at radius 2 is 2.09 bits per heavy atom. The topological polar surface area (TPSA) is 110 Å². The summed E-state index contributed by atoms with van der Waals surface area (Å²) in [5.74, 6) is -0.00969. The summed E-state index contributed by atoms with van der Waals surface area (Å²) < 4.78 is 30.6. The fourth-order valence-corrected chi connectivity index (χ4v) is 2.90. The summed E-state index contributed by atoms with van der Waals surface area (Å²) in [5, 5.41) is 14.0. The van der Waals surface area contributed by atoms with E-state index in [0.29, 0.717) is 25.1 Å². The summed E-state index contributed by atoms with van der Waals surface area (Å²) in [6.45, 7) is 2.52. The lowest BCUT2D eigenvalue weighted by Crippen LogP contribution is -2.13. The first kappa shape index (κ1) is 18.9. The number of halogens is 1. The Morgan fingerprint density at radius 1 is 1.41 bits per heavy atom. The molecule has 0 unspecified atom stereocenters. The molecule has 22 heavy (non-hydrogen) atoms. The molecule has 1 aromatic rings. The predicted octanol–water partition coefficient (Wildman–Crippen LogP) is 3.46. The second-order valence-corrected chi connectivity index (χ2v) is 7.67. The highest BCUT2D eigenvalue weighted by atomic mass is 79.9. The maximum absolute atomic E-state index is 11.0. The van der Waals surface area contributed by atoms with Gasteiger partial charge < -0.3 is 5.32 Å². The molecule has 1 rings (SSSR count). The van der Waals surface area contributed by atoms with Gasteiger partial charge in [0.25, 0.3) is 15.8 Å². The van der Waals surface area contributed by atoms with Crippen LogP contribution in [0.2, 0.25) is 0 Å². The van der Waals surface area contributed by atoms with Crippen LogP contribution in [0.5, 0.6) is 0 Å². The van der Waals surface area contributed by atoms with Crippen LogP contribution < -0.4 is 5.32 Å². The van der Waals surface area contributed by atoms with E-state index in [-0.39, 0.29) is 17.4 Å². The molecule has 0 heterocycles. The molecular weight excluding hydrogens is 376 g/mol. The first-order valence-corrected chi connectivity index (χ1v) is 9.22. The quantitative estimate of drug-likeness (QED) is 0.287. The molecule has 1 atom stereocenters. The number of nitro groups is 1. The van der Waals surface area contributed by atoms with Crippen molar-refractivity contribution in [3.8, 4) is 0 Å². The molecule has 0 aliphatic carbocycles. The van der Waals surface area contributed by atoms with E-state index >= 15 is 0 Å². The Balaban J connectivity index is 2.45. The van der Waals surface area contributed by atoms with Crippen LogP contribution in [0.25, 0.3) is 0 Å². The highest BCUT2D eigenvalue weighted by Crippen LogP contribution is 2.28. The van der Waals surface area contributed by atoms with E-state index in [1.165, 1.54) is 6.07 Å². The second-order valence-electron chi connectivity index (χ2n) is 5.19. The molecule has 0 aliphatic rings. The third kappa shape index (κ3) is 7.19. The SMILES string of the molecule is C[C@H](CCCCS(=O)(=O)O)CNc1cc(Br)ccc1[N+](=O)[O-]. The minimum atomic E-state index is -3.89. The van der Waals surface area contributed by atoms with Gasteiger partial charge in [-0.15, -0.1) is 0 Å². The van der Waals surface area contributed by atoms with Gasteiger partial charge >= 0.3 is 0 Å². The molecule has 0 aromatic heterocycles. The van der Waals surface area contributed by atoms with E-state index in [2.05, 4.69) is 21.2 Å². The summed E-state index contributed by atoms with van der Waals surface area (Å²) in [5.41, 5.74) is 0.464. The number of nitrogens with one attached hydrogen (secondary N) is 1. The Labute approximate surface area is 138 Å². The van der Waals surface area contributed by atoms with Crippen LogP contribution >= 0.6 is 15.9 Å². The zero-order valence-electron chi connectivity index (χ0n) is 12.2. The van der Waals surface area contributed by atoms with Gasteiger partial charge in [0.15, 0.2) is 0 Å². The first-order chi connectivity index (χ1) is 10.2. The Bertz CT molecular complexity index is 621. The van der Waals surface area contributed by atoms with Crippen LogP contribution in [-0.4, -0.2) is 30.2 Å². The molecule has 0 aliphatic heterocycles. The number of nitro benzene ring substituents is 1. The van der Waals surface area contributed by atoms with E-state index in [1.54, 1.807) is 12.1 Å². The first-order valence-electron chi connectivity index (χ1n) is 6.82. The van der Waals surface area contributed by atoms with Crippen molar-refractivity contribution >= 4 is 37.4 Å². The molecule has 0 saturated heterocycles. The van der Waals surface area contributed by atoms with Crippen LogP contribution in [0.3, 0.4) is 0 Å². The summed E-state index contributed by atoms with van der Waals surface area (Å²) in [4.78, 5) is 10.5. The van der Waals surface area contributed by atoms with Crippen molar-refractivity contribution in [1.29, 1.82) is 0 Å². The molecule has 0 radical (unpaired) electrons. The fourth-order valence-electron chi connectivity index (χ4n) is 1.97. The number of hydrogen-bond donors (Lipinski definition) is 2. The van der Waals surface area contributed by atoms with Gasteiger partial charge in [-0.05, 0) is 30.9 Å². The summed E-state index contributed by atoms with van der Waals surface area (Å²) in [6.07, 6.45) is 1.84. The van der Waals surface area contributed by atoms with Gasteiger partial charge in [0.05, 0.1) is 10.7 Å². The van der Waals surface area contributed by atoms with Gasteiger partial charge in [-0.25, -0.2) is 0 Å². The minimum Gasteiger partial charge on any atom is -0.379 e. The van der Waals surface area contributed by atoms with Crippen molar-refractivity contribution in [1.82, 2.24) is 0 Å². The standard InChI is InChI=1S/C13H19BrN2O5S/c1-10(4-2-3-7-22(19,20)21)9-15-12-8-11(14)5-6-13(12)16(17)18/h5-6,8,10,15H,2-4,7,9H2,1H3,(H,19,20,21)/t10-/m1/s1. The molecule has 0 amide bonds. The van der Waals surface area contributed by atoms with Gasteiger partial charge in [-0.1, -0.05) is 29.3 Å². The number of unbranched alkanes of at least 4 members (excludes halogenated alkanes) is 1. The van der Waals surface area contributed by atoms with E-state index in [1.807, 2.05) is 6.92 Å². The minimum absolute atomic E-state index is 0.0155. The number of benzene rings is 1. The van der Waals surface area contributed by atoms with Crippen molar-refractivity contribution in [2.75, 3.05) is 17.6 Å². The molecule has 0 fully saturated rings. The van der Waals surface area contributed by atoms with Gasteiger partial charge in [-0.3, -0.25) is 14.7 Å². The Morgan fingerprint density at radius 3 is 2.68 bits per heavy atom. The lowest BCUT2D eigenvalue weighted by molar-refractivity contribution is -0.384. The maximum Gasteiger partial charge on any atom is 0.292 e. The molecule has 1 aromatic carbocycles. The molecular formula is C13H19BrN2O5S. The van der Waals surface area contributed by atoms with Gasteiger partial charge in [0, 0.05) is 17.1 Å². The average Bonchev–Trinajstić information content (AvgIpc) is 2.40. The third-order valence-corrected chi connectivity index (χ3v) is 4.44. The van der Waals surface area contributed by atoms with Crippen molar-refractivity contribution < 1.29 is 17.9 Å². The van der Waals surface area contributed by atoms with Gasteiger partial charge in [0.1, 0.15) is 5.69 Å². The fraction of sp³-hybridized carbons (Fsp3) is 0.538. The lowest BCUT2D eigenvalue weighted by Gasteiger charge is -2.13. The molecule has 2 N–H and O–H groups in total. The number of nitrogens with zero attached hydrogens (tertiary/aromatic N) is 1. The largest absolute Gasteiger partial charge is 0.379 e. The number of anilines is 1. The van der Waals surface area contributed by atoms with Crippen LogP contribution in [0.1, 0.15) is 26.2 Å². The molecule has 124 valence electrons. The monoisotopic (exact) mass is 394 g/mol. The highest BCUT2D eigenvalue weighted by Gasteiger charge is 2.14. The van der Waals surface area contributed by atoms with Crippen molar-refractivity contribution in [2.24, 2.45) is 5.92 Å². The normalized spacial score (nSPS) is 12.9.